The number of pyridine rings is 2. The van der Waals surface area contributed by atoms with E-state index in [0.717, 1.165) is 15.7 Å². The Morgan fingerprint density at radius 3 is 2.55 bits per heavy atom. The molecule has 0 radical (unpaired) electrons. The zero-order chi connectivity index (χ0) is 14.8. The molecule has 0 saturated heterocycles. The van der Waals surface area contributed by atoms with Gasteiger partial charge < -0.3 is 4.74 Å². The molecule has 0 bridgehead atoms. The van der Waals surface area contributed by atoms with Crippen LogP contribution in [0.2, 0.25) is 0 Å². The third-order valence-corrected chi connectivity index (χ3v) is 3.43. The molecule has 0 atom stereocenters. The van der Waals surface area contributed by atoms with Crippen molar-refractivity contribution in [2.45, 2.75) is 32.1 Å². The first-order valence-corrected chi connectivity index (χ1v) is 7.57. The van der Waals surface area contributed by atoms with Crippen LogP contribution in [0.1, 0.15) is 32.0 Å². The molecule has 2 aromatic rings. The smallest absolute Gasteiger partial charge is 0.219 e. The monoisotopic (exact) mass is 354 g/mol. The van der Waals surface area contributed by atoms with Crippen LogP contribution >= 0.6 is 27.5 Å². The van der Waals surface area contributed by atoms with E-state index >= 15 is 0 Å². The molecule has 3 nitrogen and oxygen atoms in total. The minimum absolute atomic E-state index is 0.0598. The van der Waals surface area contributed by atoms with Crippen molar-refractivity contribution >= 4 is 27.5 Å². The summed E-state index contributed by atoms with van der Waals surface area (Å²) in [5.41, 5.74) is 1.88. The highest BCUT2D eigenvalue weighted by atomic mass is 79.9. The number of halogens is 2. The Labute approximate surface area is 132 Å². The first kappa shape index (κ1) is 15.3. The Kier molecular flexibility index (Phi) is 4.66. The van der Waals surface area contributed by atoms with Gasteiger partial charge in [0, 0.05) is 28.0 Å². The quantitative estimate of drug-likeness (QED) is 0.721. The number of hydrogen-bond acceptors (Lipinski definition) is 3. The summed E-state index contributed by atoms with van der Waals surface area (Å²) in [4.78, 5) is 8.62. The van der Waals surface area contributed by atoms with Crippen LogP contribution in [0.25, 0.3) is 0 Å². The molecule has 0 aromatic carbocycles. The predicted molar refractivity (Wildman–Crippen MR) is 84.5 cm³/mol. The SMILES string of the molecule is CC(C)(C)c1cc(CCl)cc(Oc2cncc(Br)c2)n1. The van der Waals surface area contributed by atoms with Crippen molar-refractivity contribution in [3.63, 3.8) is 0 Å². The van der Waals surface area contributed by atoms with E-state index in [-0.39, 0.29) is 5.41 Å². The summed E-state index contributed by atoms with van der Waals surface area (Å²) in [5.74, 6) is 1.60. The number of ether oxygens (including phenoxy) is 1. The van der Waals surface area contributed by atoms with Gasteiger partial charge in [-0.05, 0) is 33.6 Å². The molecule has 0 unspecified atom stereocenters. The van der Waals surface area contributed by atoms with Crippen molar-refractivity contribution in [1.29, 1.82) is 0 Å². The van der Waals surface area contributed by atoms with Gasteiger partial charge in [0.05, 0.1) is 11.9 Å². The summed E-state index contributed by atoms with van der Waals surface area (Å²) in [6.07, 6.45) is 3.35. The predicted octanol–water partition coefficient (Wildman–Crippen LogP) is 5.07. The van der Waals surface area contributed by atoms with Crippen LogP contribution in [0.3, 0.4) is 0 Å². The largest absolute Gasteiger partial charge is 0.437 e. The third kappa shape index (κ3) is 3.93. The van der Waals surface area contributed by atoms with E-state index < -0.39 is 0 Å². The standard InChI is InChI=1S/C15H16BrClN2O/c1-15(2,3)13-4-10(7-17)5-14(19-13)20-12-6-11(16)8-18-9-12/h4-6,8-9H,7H2,1-3H3. The molecule has 106 valence electrons. The van der Waals surface area contributed by atoms with Crippen molar-refractivity contribution in [3.05, 3.63) is 46.3 Å². The van der Waals surface area contributed by atoms with Crippen molar-refractivity contribution < 1.29 is 4.74 Å². The molecule has 20 heavy (non-hydrogen) atoms. The van der Waals surface area contributed by atoms with Crippen molar-refractivity contribution in [2.24, 2.45) is 0 Å². The van der Waals surface area contributed by atoms with Crippen LogP contribution in [0, 0.1) is 0 Å². The number of hydrogen-bond donors (Lipinski definition) is 0. The van der Waals surface area contributed by atoms with Gasteiger partial charge in [-0.25, -0.2) is 4.98 Å². The highest BCUT2D eigenvalue weighted by Crippen LogP contribution is 2.28. The van der Waals surface area contributed by atoms with Gasteiger partial charge in [0.2, 0.25) is 5.88 Å². The molecule has 0 aliphatic rings. The second kappa shape index (κ2) is 6.10. The molecule has 0 amide bonds. The average molecular weight is 356 g/mol. The molecular formula is C15H16BrClN2O. The van der Waals surface area contributed by atoms with Gasteiger partial charge in [0.25, 0.3) is 0 Å². The Morgan fingerprint density at radius 2 is 1.95 bits per heavy atom. The minimum Gasteiger partial charge on any atom is -0.437 e. The molecule has 2 heterocycles. The molecule has 0 aliphatic heterocycles. The summed E-state index contributed by atoms with van der Waals surface area (Å²) < 4.78 is 6.64. The minimum atomic E-state index is -0.0598. The van der Waals surface area contributed by atoms with E-state index in [1.54, 1.807) is 12.4 Å². The Morgan fingerprint density at radius 1 is 1.20 bits per heavy atom. The van der Waals surface area contributed by atoms with E-state index in [1.165, 1.54) is 0 Å². The maximum Gasteiger partial charge on any atom is 0.219 e. The summed E-state index contributed by atoms with van der Waals surface area (Å²) in [7, 11) is 0. The molecule has 0 N–H and O–H groups in total. The number of nitrogens with zero attached hydrogens (tertiary/aromatic N) is 2. The average Bonchev–Trinajstić information content (AvgIpc) is 2.37. The summed E-state index contributed by atoms with van der Waals surface area (Å²) >= 11 is 9.31. The third-order valence-electron chi connectivity index (χ3n) is 2.69. The first-order valence-electron chi connectivity index (χ1n) is 6.24. The summed E-state index contributed by atoms with van der Waals surface area (Å²) in [5, 5.41) is 0. The molecular weight excluding hydrogens is 340 g/mol. The van der Waals surface area contributed by atoms with E-state index in [1.807, 2.05) is 18.2 Å². The molecule has 2 rings (SSSR count). The maximum atomic E-state index is 5.95. The lowest BCUT2D eigenvalue weighted by molar-refractivity contribution is 0.449. The van der Waals surface area contributed by atoms with Crippen LogP contribution < -0.4 is 4.74 Å². The molecule has 2 aromatic heterocycles. The van der Waals surface area contributed by atoms with Gasteiger partial charge in [0.15, 0.2) is 0 Å². The van der Waals surface area contributed by atoms with Crippen LogP contribution in [0.5, 0.6) is 11.6 Å². The maximum absolute atomic E-state index is 5.95. The number of aromatic nitrogens is 2. The second-order valence-electron chi connectivity index (χ2n) is 5.52. The van der Waals surface area contributed by atoms with E-state index in [2.05, 4.69) is 46.7 Å². The summed E-state index contributed by atoms with van der Waals surface area (Å²) in [6.45, 7) is 6.33. The highest BCUT2D eigenvalue weighted by Gasteiger charge is 2.17. The lowest BCUT2D eigenvalue weighted by Gasteiger charge is -2.19. The van der Waals surface area contributed by atoms with Gasteiger partial charge >= 0.3 is 0 Å². The molecule has 0 saturated carbocycles. The molecule has 5 heteroatoms. The highest BCUT2D eigenvalue weighted by molar-refractivity contribution is 9.10. The van der Waals surface area contributed by atoms with Crippen molar-refractivity contribution in [2.75, 3.05) is 0 Å². The van der Waals surface area contributed by atoms with Crippen molar-refractivity contribution in [3.8, 4) is 11.6 Å². The Balaban J connectivity index is 2.36. The fourth-order valence-electron chi connectivity index (χ4n) is 1.64. The molecule has 0 aliphatic carbocycles. The van der Waals surface area contributed by atoms with Gasteiger partial charge in [-0.2, -0.15) is 0 Å². The normalized spacial score (nSPS) is 11.4. The molecule has 0 fully saturated rings. The number of rotatable bonds is 3. The molecule has 0 spiro atoms. The van der Waals surface area contributed by atoms with E-state index in [0.29, 0.717) is 17.5 Å². The van der Waals surface area contributed by atoms with E-state index in [9.17, 15) is 0 Å². The second-order valence-corrected chi connectivity index (χ2v) is 6.71. The zero-order valence-electron chi connectivity index (χ0n) is 11.7. The Bertz CT molecular complexity index is 611. The Hall–Kier alpha value is -1.13. The summed E-state index contributed by atoms with van der Waals surface area (Å²) in [6, 6.07) is 5.71. The van der Waals surface area contributed by atoms with Crippen LogP contribution in [-0.4, -0.2) is 9.97 Å². The fraction of sp³-hybridized carbons (Fsp3) is 0.333. The lowest BCUT2D eigenvalue weighted by atomic mass is 9.91. The first-order chi connectivity index (χ1) is 9.38. The van der Waals surface area contributed by atoms with Crippen molar-refractivity contribution in [1.82, 2.24) is 9.97 Å². The van der Waals surface area contributed by atoms with Gasteiger partial charge in [-0.1, -0.05) is 20.8 Å². The fourth-order valence-corrected chi connectivity index (χ4v) is 2.14. The topological polar surface area (TPSA) is 35.0 Å². The van der Waals surface area contributed by atoms with Crippen LogP contribution in [0.15, 0.2) is 35.1 Å². The zero-order valence-corrected chi connectivity index (χ0v) is 14.0. The lowest BCUT2D eigenvalue weighted by Crippen LogP contribution is -2.14. The van der Waals surface area contributed by atoms with Gasteiger partial charge in [-0.15, -0.1) is 11.6 Å². The van der Waals surface area contributed by atoms with E-state index in [4.69, 9.17) is 16.3 Å². The van der Waals surface area contributed by atoms with Crippen LogP contribution in [-0.2, 0) is 11.3 Å². The number of alkyl halides is 1. The van der Waals surface area contributed by atoms with Gasteiger partial charge in [0.1, 0.15) is 5.75 Å². The van der Waals surface area contributed by atoms with Crippen LogP contribution in [0.4, 0.5) is 0 Å². The van der Waals surface area contributed by atoms with Gasteiger partial charge in [-0.3, -0.25) is 4.98 Å².